The molecule has 0 aliphatic carbocycles. The highest BCUT2D eigenvalue weighted by atomic mass is 32.1. The second kappa shape index (κ2) is 5.28. The Bertz CT molecular complexity index is 1140. The van der Waals surface area contributed by atoms with Gasteiger partial charge in [-0.15, -0.1) is 11.3 Å². The number of anilines is 1. The van der Waals surface area contributed by atoms with Crippen LogP contribution in [-0.4, -0.2) is 18.1 Å². The molecule has 24 heavy (non-hydrogen) atoms. The molecule has 1 aliphatic rings. The minimum absolute atomic E-state index is 0.124. The molecule has 0 unspecified atom stereocenters. The van der Waals surface area contributed by atoms with Crippen molar-refractivity contribution in [1.29, 1.82) is 0 Å². The highest BCUT2D eigenvalue weighted by molar-refractivity contribution is 7.25. The van der Waals surface area contributed by atoms with E-state index in [0.29, 0.717) is 0 Å². The van der Waals surface area contributed by atoms with Gasteiger partial charge in [0.15, 0.2) is 5.43 Å². The highest BCUT2D eigenvalue weighted by Crippen LogP contribution is 2.36. The topological polar surface area (TPSA) is 33.2 Å². The number of nitrogens with zero attached hydrogens (tertiary/aromatic N) is 2. The van der Waals surface area contributed by atoms with Crippen molar-refractivity contribution in [2.24, 2.45) is 0 Å². The van der Waals surface area contributed by atoms with Gasteiger partial charge >= 0.3 is 0 Å². The average Bonchev–Trinajstić information content (AvgIpc) is 3.15. The highest BCUT2D eigenvalue weighted by Gasteiger charge is 2.20. The Labute approximate surface area is 143 Å². The largest absolute Gasteiger partial charge is 0.355 e. The molecule has 0 radical (unpaired) electrons. The van der Waals surface area contributed by atoms with E-state index in [4.69, 9.17) is 4.98 Å². The van der Waals surface area contributed by atoms with Crippen molar-refractivity contribution in [2.75, 3.05) is 18.0 Å². The van der Waals surface area contributed by atoms with Gasteiger partial charge in [0.05, 0.1) is 15.6 Å². The van der Waals surface area contributed by atoms with Crippen LogP contribution in [0, 0.1) is 0 Å². The lowest BCUT2D eigenvalue weighted by Crippen LogP contribution is -2.20. The fraction of sp³-hybridized carbons (Fsp3) is 0.200. The first-order chi connectivity index (χ1) is 11.8. The lowest BCUT2D eigenvalue weighted by Gasteiger charge is -2.19. The summed E-state index contributed by atoms with van der Waals surface area (Å²) in [6.45, 7) is 2.04. The number of aromatic nitrogens is 1. The molecule has 118 valence electrons. The third-order valence-electron chi connectivity index (χ3n) is 4.81. The van der Waals surface area contributed by atoms with Crippen molar-refractivity contribution in [3.63, 3.8) is 0 Å². The van der Waals surface area contributed by atoms with E-state index in [-0.39, 0.29) is 5.43 Å². The molecule has 1 aliphatic heterocycles. The molecular formula is C20H16N2OS. The zero-order chi connectivity index (χ0) is 16.1. The van der Waals surface area contributed by atoms with Crippen LogP contribution >= 0.6 is 11.3 Å². The molecule has 2 aromatic heterocycles. The van der Waals surface area contributed by atoms with Crippen molar-refractivity contribution < 1.29 is 0 Å². The molecule has 0 spiro atoms. The van der Waals surface area contributed by atoms with Crippen molar-refractivity contribution in [1.82, 2.24) is 4.98 Å². The van der Waals surface area contributed by atoms with E-state index in [9.17, 15) is 4.79 Å². The summed E-state index contributed by atoms with van der Waals surface area (Å²) in [5.41, 5.74) is 1.03. The maximum absolute atomic E-state index is 13.2. The van der Waals surface area contributed by atoms with Gasteiger partial charge in [-0.25, -0.2) is 4.98 Å². The van der Waals surface area contributed by atoms with Gasteiger partial charge in [0.25, 0.3) is 0 Å². The predicted molar refractivity (Wildman–Crippen MR) is 102 cm³/mol. The summed E-state index contributed by atoms with van der Waals surface area (Å²) in [5, 5.41) is 2.59. The van der Waals surface area contributed by atoms with Crippen LogP contribution in [0.25, 0.3) is 31.1 Å². The SMILES string of the molecule is O=c1c2ccccc2sc2c(N3CCCC3)nc3ccccc3c12. The van der Waals surface area contributed by atoms with Crippen molar-refractivity contribution >= 4 is 48.2 Å². The van der Waals surface area contributed by atoms with Crippen molar-refractivity contribution in [3.8, 4) is 0 Å². The lowest BCUT2D eigenvalue weighted by atomic mass is 10.1. The summed E-state index contributed by atoms with van der Waals surface area (Å²) >= 11 is 1.69. The van der Waals surface area contributed by atoms with Crippen LogP contribution in [0.3, 0.4) is 0 Å². The van der Waals surface area contributed by atoms with E-state index < -0.39 is 0 Å². The van der Waals surface area contributed by atoms with Crippen LogP contribution in [0.15, 0.2) is 53.3 Å². The number of para-hydroxylation sites is 1. The van der Waals surface area contributed by atoms with Crippen LogP contribution in [0.4, 0.5) is 5.82 Å². The molecule has 0 atom stereocenters. The van der Waals surface area contributed by atoms with Gasteiger partial charge in [-0.3, -0.25) is 4.79 Å². The Kier molecular flexibility index (Phi) is 3.06. The lowest BCUT2D eigenvalue weighted by molar-refractivity contribution is 0.949. The zero-order valence-corrected chi connectivity index (χ0v) is 14.0. The van der Waals surface area contributed by atoms with Crippen LogP contribution in [0.1, 0.15) is 12.8 Å². The van der Waals surface area contributed by atoms with Crippen molar-refractivity contribution in [3.05, 3.63) is 58.8 Å². The van der Waals surface area contributed by atoms with Crippen molar-refractivity contribution in [2.45, 2.75) is 12.8 Å². The first-order valence-electron chi connectivity index (χ1n) is 8.32. The number of benzene rings is 2. The summed E-state index contributed by atoms with van der Waals surface area (Å²) in [6.07, 6.45) is 2.39. The van der Waals surface area contributed by atoms with E-state index in [2.05, 4.69) is 4.90 Å². The molecule has 1 saturated heterocycles. The first-order valence-corrected chi connectivity index (χ1v) is 9.14. The Morgan fingerprint density at radius 1 is 0.917 bits per heavy atom. The first kappa shape index (κ1) is 13.9. The van der Waals surface area contributed by atoms with E-state index >= 15 is 0 Å². The third kappa shape index (κ3) is 1.96. The average molecular weight is 332 g/mol. The van der Waals surface area contributed by atoms with Gasteiger partial charge in [0.2, 0.25) is 0 Å². The molecule has 5 rings (SSSR count). The number of rotatable bonds is 1. The van der Waals surface area contributed by atoms with E-state index in [0.717, 1.165) is 50.0 Å². The molecule has 0 saturated carbocycles. The molecule has 4 aromatic rings. The maximum atomic E-state index is 13.2. The van der Waals surface area contributed by atoms with E-state index in [1.54, 1.807) is 11.3 Å². The molecule has 0 N–H and O–H groups in total. The minimum Gasteiger partial charge on any atom is -0.355 e. The smallest absolute Gasteiger partial charge is 0.196 e. The summed E-state index contributed by atoms with van der Waals surface area (Å²) in [6, 6.07) is 15.9. The number of hydrogen-bond acceptors (Lipinski definition) is 4. The fourth-order valence-corrected chi connectivity index (χ4v) is 4.84. The van der Waals surface area contributed by atoms with Crippen LogP contribution < -0.4 is 10.3 Å². The Morgan fingerprint density at radius 3 is 2.46 bits per heavy atom. The van der Waals surface area contributed by atoms with E-state index in [1.807, 2.05) is 48.5 Å². The molecule has 4 heteroatoms. The normalized spacial score (nSPS) is 14.9. The Morgan fingerprint density at radius 2 is 1.62 bits per heavy atom. The molecule has 2 aromatic carbocycles. The van der Waals surface area contributed by atoms with Crippen LogP contribution in [0.5, 0.6) is 0 Å². The monoisotopic (exact) mass is 332 g/mol. The van der Waals surface area contributed by atoms with E-state index in [1.165, 1.54) is 12.8 Å². The Hall–Kier alpha value is -2.46. The van der Waals surface area contributed by atoms with Gasteiger partial charge in [-0.1, -0.05) is 30.3 Å². The summed E-state index contributed by atoms with van der Waals surface area (Å²) in [4.78, 5) is 20.5. The minimum atomic E-state index is 0.124. The van der Waals surface area contributed by atoms with Crippen LogP contribution in [0.2, 0.25) is 0 Å². The molecule has 3 nitrogen and oxygen atoms in total. The second-order valence-corrected chi connectivity index (χ2v) is 7.33. The summed E-state index contributed by atoms with van der Waals surface area (Å²) < 4.78 is 2.06. The Balaban J connectivity index is 2.02. The predicted octanol–water partition coefficient (Wildman–Crippen LogP) is 4.56. The van der Waals surface area contributed by atoms with Gasteiger partial charge in [-0.05, 0) is 31.0 Å². The van der Waals surface area contributed by atoms with Gasteiger partial charge in [0.1, 0.15) is 5.82 Å². The number of pyridine rings is 1. The van der Waals surface area contributed by atoms with Gasteiger partial charge in [0, 0.05) is 28.6 Å². The van der Waals surface area contributed by atoms with Gasteiger partial charge < -0.3 is 4.90 Å². The second-order valence-electron chi connectivity index (χ2n) is 6.28. The maximum Gasteiger partial charge on any atom is 0.196 e. The molecule has 0 amide bonds. The number of hydrogen-bond donors (Lipinski definition) is 0. The molecule has 0 bridgehead atoms. The van der Waals surface area contributed by atoms with Crippen LogP contribution in [-0.2, 0) is 0 Å². The standard InChI is InChI=1S/C20H16N2OS/c23-18-14-8-2-4-10-16(14)24-19-17(18)13-7-1-3-9-15(13)21-20(19)22-11-5-6-12-22/h1-4,7-10H,5-6,11-12H2. The number of fused-ring (bicyclic) bond motifs is 4. The third-order valence-corrected chi connectivity index (χ3v) is 5.97. The molecular weight excluding hydrogens is 316 g/mol. The summed E-state index contributed by atoms with van der Waals surface area (Å²) in [7, 11) is 0. The summed E-state index contributed by atoms with van der Waals surface area (Å²) in [5.74, 6) is 0.981. The molecule has 3 heterocycles. The quantitative estimate of drug-likeness (QED) is 0.378. The molecule has 1 fully saturated rings. The zero-order valence-electron chi connectivity index (χ0n) is 13.2. The van der Waals surface area contributed by atoms with Gasteiger partial charge in [-0.2, -0.15) is 0 Å². The fourth-order valence-electron chi connectivity index (χ4n) is 3.63.